The third-order valence-corrected chi connectivity index (χ3v) is 6.07. The largest absolute Gasteiger partial charge is 0.356 e. The summed E-state index contributed by atoms with van der Waals surface area (Å²) in [6.07, 6.45) is 3.47. The van der Waals surface area contributed by atoms with E-state index in [-0.39, 0.29) is 36.1 Å². The van der Waals surface area contributed by atoms with E-state index in [1.165, 1.54) is 4.70 Å². The maximum absolute atomic E-state index is 12.1. The van der Waals surface area contributed by atoms with Crippen molar-refractivity contribution in [3.05, 3.63) is 27.7 Å². The number of halogens is 3. The Morgan fingerprint density at radius 3 is 2.80 bits per heavy atom. The fourth-order valence-corrected chi connectivity index (χ4v) is 4.18. The number of hydrogen-bond donors (Lipinski definition) is 2. The number of piperidine rings is 1. The molecule has 0 spiro atoms. The van der Waals surface area contributed by atoms with Gasteiger partial charge >= 0.3 is 0 Å². The van der Waals surface area contributed by atoms with Gasteiger partial charge in [0.2, 0.25) is 5.91 Å². The molecule has 1 saturated heterocycles. The molecule has 2 aromatic rings. The van der Waals surface area contributed by atoms with Crippen LogP contribution in [0, 0.1) is 5.41 Å². The topological polar surface area (TPSA) is 54.0 Å². The normalized spacial score (nSPS) is 15.9. The Hall–Kier alpha value is -0.400. The van der Waals surface area contributed by atoms with Crippen molar-refractivity contribution in [3.63, 3.8) is 0 Å². The van der Waals surface area contributed by atoms with Crippen molar-refractivity contribution in [2.24, 2.45) is 5.41 Å². The summed E-state index contributed by atoms with van der Waals surface area (Å²) >= 11 is 5.14. The summed E-state index contributed by atoms with van der Waals surface area (Å²) < 4.78 is 2.21. The highest BCUT2D eigenvalue weighted by atomic mass is 79.9. The zero-order chi connectivity index (χ0) is 16.3. The van der Waals surface area contributed by atoms with Gasteiger partial charge in [-0.05, 0) is 49.5 Å². The Morgan fingerprint density at radius 1 is 1.36 bits per heavy atom. The van der Waals surface area contributed by atoms with E-state index < -0.39 is 0 Å². The van der Waals surface area contributed by atoms with Gasteiger partial charge in [0.25, 0.3) is 0 Å². The number of aryl methyl sites for hydroxylation is 1. The van der Waals surface area contributed by atoms with Crippen LogP contribution >= 0.6 is 52.1 Å². The fraction of sp³-hybridized carbons (Fsp3) is 0.529. The van der Waals surface area contributed by atoms with E-state index in [0.717, 1.165) is 47.5 Å². The van der Waals surface area contributed by atoms with Crippen molar-refractivity contribution in [1.82, 2.24) is 15.6 Å². The molecule has 1 aliphatic heterocycles. The number of amides is 1. The molecule has 0 atom stereocenters. The number of hydrogen-bond acceptors (Lipinski definition) is 4. The molecule has 2 heterocycles. The number of benzene rings is 1. The van der Waals surface area contributed by atoms with Gasteiger partial charge in [-0.25, -0.2) is 4.98 Å². The van der Waals surface area contributed by atoms with Crippen molar-refractivity contribution in [3.8, 4) is 0 Å². The molecule has 0 aliphatic carbocycles. The van der Waals surface area contributed by atoms with Crippen LogP contribution in [0.5, 0.6) is 0 Å². The van der Waals surface area contributed by atoms with Gasteiger partial charge in [-0.1, -0.05) is 22.9 Å². The van der Waals surface area contributed by atoms with E-state index in [1.54, 1.807) is 11.3 Å². The minimum Gasteiger partial charge on any atom is -0.356 e. The Bertz CT molecular complexity index is 704. The third kappa shape index (κ3) is 6.36. The van der Waals surface area contributed by atoms with Crippen LogP contribution in [0.1, 0.15) is 31.2 Å². The Kier molecular flexibility index (Phi) is 9.12. The number of carbonyl (C=O) groups excluding carboxylic acids is 1. The molecule has 1 aromatic heterocycles. The van der Waals surface area contributed by atoms with E-state index in [0.29, 0.717) is 12.8 Å². The van der Waals surface area contributed by atoms with Gasteiger partial charge < -0.3 is 10.6 Å². The van der Waals surface area contributed by atoms with Crippen molar-refractivity contribution < 1.29 is 4.79 Å². The van der Waals surface area contributed by atoms with Crippen LogP contribution < -0.4 is 10.6 Å². The lowest BCUT2D eigenvalue weighted by Crippen LogP contribution is -2.42. The molecule has 2 N–H and O–H groups in total. The Morgan fingerprint density at radius 2 is 2.08 bits per heavy atom. The summed E-state index contributed by atoms with van der Waals surface area (Å²) in [5, 5.41) is 7.51. The first-order valence-corrected chi connectivity index (χ1v) is 9.67. The van der Waals surface area contributed by atoms with Crippen LogP contribution in [0.3, 0.4) is 0 Å². The average molecular weight is 469 g/mol. The number of nitrogens with zero attached hydrogens (tertiary/aromatic N) is 1. The van der Waals surface area contributed by atoms with Crippen LogP contribution in [0.4, 0.5) is 0 Å². The summed E-state index contributed by atoms with van der Waals surface area (Å²) in [6.45, 7) is 5.14. The van der Waals surface area contributed by atoms with Gasteiger partial charge in [-0.15, -0.1) is 36.2 Å². The summed E-state index contributed by atoms with van der Waals surface area (Å²) in [7, 11) is 0. The van der Waals surface area contributed by atoms with Crippen LogP contribution in [0.2, 0.25) is 0 Å². The number of aromatic nitrogens is 1. The lowest BCUT2D eigenvalue weighted by atomic mass is 9.81. The number of thiazole rings is 1. The first-order valence-electron chi connectivity index (χ1n) is 8.07. The molecule has 1 aliphatic rings. The lowest BCUT2D eigenvalue weighted by Gasteiger charge is -2.34. The smallest absolute Gasteiger partial charge is 0.220 e. The Balaban J connectivity index is 0.00000156. The number of rotatable bonds is 5. The predicted octanol–water partition coefficient (Wildman–Crippen LogP) is 4.34. The van der Waals surface area contributed by atoms with Crippen molar-refractivity contribution in [1.29, 1.82) is 0 Å². The first-order chi connectivity index (χ1) is 11.0. The monoisotopic (exact) mass is 467 g/mol. The molecule has 0 unspecified atom stereocenters. The van der Waals surface area contributed by atoms with Crippen molar-refractivity contribution in [2.75, 3.05) is 19.6 Å². The first kappa shape index (κ1) is 22.6. The third-order valence-electron chi connectivity index (χ3n) is 4.48. The second-order valence-corrected chi connectivity index (χ2v) is 8.59. The van der Waals surface area contributed by atoms with Gasteiger partial charge in [-0.3, -0.25) is 4.79 Å². The SMILES string of the molecule is CC1(CNC(=O)CCc2nc3cc(Br)ccc3s2)CCNCC1.Cl.Cl. The minimum atomic E-state index is 0. The zero-order valence-electron chi connectivity index (χ0n) is 14.1. The summed E-state index contributed by atoms with van der Waals surface area (Å²) in [6, 6.07) is 6.11. The van der Waals surface area contributed by atoms with Crippen LogP contribution in [0.15, 0.2) is 22.7 Å². The summed E-state index contributed by atoms with van der Waals surface area (Å²) in [5.41, 5.74) is 1.24. The summed E-state index contributed by atoms with van der Waals surface area (Å²) in [4.78, 5) is 16.7. The maximum atomic E-state index is 12.1. The molecule has 3 rings (SSSR count). The second-order valence-electron chi connectivity index (χ2n) is 6.56. The molecule has 0 saturated carbocycles. The van der Waals surface area contributed by atoms with E-state index in [1.807, 2.05) is 12.1 Å². The molecule has 1 aromatic carbocycles. The van der Waals surface area contributed by atoms with Gasteiger partial charge in [0.05, 0.1) is 15.2 Å². The van der Waals surface area contributed by atoms with E-state index in [4.69, 9.17) is 0 Å². The quantitative estimate of drug-likeness (QED) is 0.686. The lowest BCUT2D eigenvalue weighted by molar-refractivity contribution is -0.121. The molecule has 4 nitrogen and oxygen atoms in total. The molecule has 1 amide bonds. The highest BCUT2D eigenvalue weighted by Crippen LogP contribution is 2.27. The molecule has 140 valence electrons. The van der Waals surface area contributed by atoms with Crippen LogP contribution in [-0.4, -0.2) is 30.5 Å². The molecular formula is C17H24BrCl2N3OS. The van der Waals surface area contributed by atoms with Gasteiger partial charge in [0.15, 0.2) is 0 Å². The highest BCUT2D eigenvalue weighted by molar-refractivity contribution is 9.10. The highest BCUT2D eigenvalue weighted by Gasteiger charge is 2.26. The molecule has 0 bridgehead atoms. The standard InChI is InChI=1S/C17H22BrN3OS.2ClH/c1-17(6-8-19-9-7-17)11-20-15(22)4-5-16-21-13-10-12(18)2-3-14(13)23-16;;/h2-3,10,19H,4-9,11H2,1H3,(H,20,22);2*1H. The van der Waals surface area contributed by atoms with Gasteiger partial charge in [0, 0.05) is 23.9 Å². The van der Waals surface area contributed by atoms with Gasteiger partial charge in [0.1, 0.15) is 0 Å². The van der Waals surface area contributed by atoms with Crippen LogP contribution in [0.25, 0.3) is 10.2 Å². The Labute approximate surface area is 173 Å². The molecule has 1 fully saturated rings. The number of nitrogens with one attached hydrogen (secondary N) is 2. The molecular weight excluding hydrogens is 445 g/mol. The number of carbonyl (C=O) groups is 1. The van der Waals surface area contributed by atoms with E-state index in [9.17, 15) is 4.79 Å². The van der Waals surface area contributed by atoms with Crippen molar-refractivity contribution >= 4 is 68.2 Å². The summed E-state index contributed by atoms with van der Waals surface area (Å²) in [5.74, 6) is 0.130. The van der Waals surface area contributed by atoms with E-state index >= 15 is 0 Å². The molecule has 25 heavy (non-hydrogen) atoms. The van der Waals surface area contributed by atoms with Gasteiger partial charge in [-0.2, -0.15) is 0 Å². The molecule has 8 heteroatoms. The number of fused-ring (bicyclic) bond motifs is 1. The van der Waals surface area contributed by atoms with Crippen LogP contribution in [-0.2, 0) is 11.2 Å². The van der Waals surface area contributed by atoms with E-state index in [2.05, 4.69) is 44.5 Å². The van der Waals surface area contributed by atoms with Crippen molar-refractivity contribution in [2.45, 2.75) is 32.6 Å². The second kappa shape index (κ2) is 10.1. The zero-order valence-corrected chi connectivity index (χ0v) is 18.2. The maximum Gasteiger partial charge on any atom is 0.220 e. The fourth-order valence-electron chi connectivity index (χ4n) is 2.88. The minimum absolute atomic E-state index is 0. The predicted molar refractivity (Wildman–Crippen MR) is 113 cm³/mol. The molecule has 0 radical (unpaired) electrons. The average Bonchev–Trinajstić information content (AvgIpc) is 2.94.